The molecule has 0 unspecified atom stereocenters. The van der Waals surface area contributed by atoms with Crippen molar-refractivity contribution in [2.24, 2.45) is 0 Å². The normalized spacial score (nSPS) is 15.2. The Morgan fingerprint density at radius 2 is 1.69 bits per heavy atom. The summed E-state index contributed by atoms with van der Waals surface area (Å²) in [5.74, 6) is -0.585. The zero-order chi connectivity index (χ0) is 25.4. The lowest BCUT2D eigenvalue weighted by atomic mass is 10.1. The smallest absolute Gasteiger partial charge is 0.243 e. The van der Waals surface area contributed by atoms with Gasteiger partial charge in [0.25, 0.3) is 0 Å². The average molecular weight is 520 g/mol. The van der Waals surface area contributed by atoms with Crippen LogP contribution in [0.1, 0.15) is 44.6 Å². The molecule has 1 atom stereocenters. The fourth-order valence-electron chi connectivity index (χ4n) is 4.42. The Morgan fingerprint density at radius 1 is 1.06 bits per heavy atom. The van der Waals surface area contributed by atoms with Crippen molar-refractivity contribution in [3.63, 3.8) is 0 Å². The summed E-state index contributed by atoms with van der Waals surface area (Å²) in [6, 6.07) is 15.0. The lowest BCUT2D eigenvalue weighted by molar-refractivity contribution is -0.141. The number of nitrogens with zero attached hydrogens (tertiary/aromatic N) is 2. The monoisotopic (exact) mass is 519 g/mol. The molecule has 2 aromatic rings. The van der Waals surface area contributed by atoms with Gasteiger partial charge in [-0.15, -0.1) is 0 Å². The molecule has 3 rings (SSSR count). The minimum atomic E-state index is -3.90. The van der Waals surface area contributed by atoms with E-state index >= 15 is 0 Å². The number of amides is 2. The fourth-order valence-corrected chi connectivity index (χ4v) is 5.66. The maximum Gasteiger partial charge on any atom is 0.243 e. The number of likely N-dealkylation sites (N-methyl/N-ethyl adjacent to an activating group) is 1. The number of nitrogens with one attached hydrogen (secondary N) is 1. The van der Waals surface area contributed by atoms with Crippen LogP contribution >= 0.6 is 11.6 Å². The molecule has 0 heterocycles. The van der Waals surface area contributed by atoms with Crippen molar-refractivity contribution in [1.82, 2.24) is 14.5 Å². The van der Waals surface area contributed by atoms with Crippen molar-refractivity contribution in [2.75, 3.05) is 20.1 Å². The predicted molar refractivity (Wildman–Crippen MR) is 138 cm³/mol. The van der Waals surface area contributed by atoms with Crippen molar-refractivity contribution in [3.8, 4) is 0 Å². The van der Waals surface area contributed by atoms with Gasteiger partial charge in [0, 0.05) is 24.7 Å². The molecule has 1 fully saturated rings. The van der Waals surface area contributed by atoms with Gasteiger partial charge in [0.05, 0.1) is 11.4 Å². The van der Waals surface area contributed by atoms with Gasteiger partial charge in [-0.3, -0.25) is 9.59 Å². The van der Waals surface area contributed by atoms with Crippen LogP contribution in [-0.2, 0) is 26.0 Å². The molecule has 7 nitrogen and oxygen atoms in total. The van der Waals surface area contributed by atoms with Crippen LogP contribution in [0.25, 0.3) is 0 Å². The zero-order valence-corrected chi connectivity index (χ0v) is 21.9. The molecule has 190 valence electrons. The van der Waals surface area contributed by atoms with Crippen LogP contribution < -0.4 is 5.32 Å². The van der Waals surface area contributed by atoms with Crippen LogP contribution in [0.5, 0.6) is 0 Å². The summed E-state index contributed by atoms with van der Waals surface area (Å²) in [6.07, 6.45) is 5.07. The lowest BCUT2D eigenvalue weighted by Gasteiger charge is -2.32. The Balaban J connectivity index is 1.78. The number of carbonyl (C=O) groups excluding carboxylic acids is 2. The minimum Gasteiger partial charge on any atom is -0.352 e. The first-order chi connectivity index (χ1) is 16.7. The van der Waals surface area contributed by atoms with Gasteiger partial charge in [0.15, 0.2) is 0 Å². The van der Waals surface area contributed by atoms with Crippen molar-refractivity contribution in [1.29, 1.82) is 0 Å². The van der Waals surface area contributed by atoms with Gasteiger partial charge in [-0.1, -0.05) is 61.7 Å². The number of hydrogen-bond donors (Lipinski definition) is 1. The third-order valence-corrected chi connectivity index (χ3v) is 8.52. The summed E-state index contributed by atoms with van der Waals surface area (Å²) >= 11 is 5.89. The van der Waals surface area contributed by atoms with E-state index in [4.69, 9.17) is 11.6 Å². The van der Waals surface area contributed by atoms with Gasteiger partial charge in [-0.05, 0) is 55.5 Å². The molecular weight excluding hydrogens is 486 g/mol. The van der Waals surface area contributed by atoms with E-state index in [0.29, 0.717) is 24.4 Å². The quantitative estimate of drug-likeness (QED) is 0.488. The van der Waals surface area contributed by atoms with Crippen LogP contribution in [0.3, 0.4) is 0 Å². The number of carbonyl (C=O) groups is 2. The van der Waals surface area contributed by atoms with Crippen molar-refractivity contribution < 1.29 is 18.0 Å². The highest BCUT2D eigenvalue weighted by Crippen LogP contribution is 2.20. The van der Waals surface area contributed by atoms with Gasteiger partial charge in [-0.2, -0.15) is 4.31 Å². The molecule has 0 saturated heterocycles. The van der Waals surface area contributed by atoms with Gasteiger partial charge >= 0.3 is 0 Å². The van der Waals surface area contributed by atoms with Crippen molar-refractivity contribution in [2.45, 2.75) is 62.4 Å². The van der Waals surface area contributed by atoms with Crippen LogP contribution in [0.15, 0.2) is 59.5 Å². The highest BCUT2D eigenvalue weighted by molar-refractivity contribution is 7.89. The van der Waals surface area contributed by atoms with E-state index < -0.39 is 22.0 Å². The van der Waals surface area contributed by atoms with Gasteiger partial charge in [0.1, 0.15) is 6.04 Å². The summed E-state index contributed by atoms with van der Waals surface area (Å²) in [5, 5.41) is 3.53. The first-order valence-electron chi connectivity index (χ1n) is 12.1. The van der Waals surface area contributed by atoms with E-state index in [1.54, 1.807) is 0 Å². The van der Waals surface area contributed by atoms with E-state index in [1.807, 2.05) is 37.3 Å². The van der Waals surface area contributed by atoms with Crippen LogP contribution in [0, 0.1) is 0 Å². The highest BCUT2D eigenvalue weighted by Gasteiger charge is 2.32. The molecule has 0 aromatic heterocycles. The Kier molecular flexibility index (Phi) is 9.71. The van der Waals surface area contributed by atoms with E-state index in [9.17, 15) is 18.0 Å². The SMILES string of the molecule is CC[C@H](C(=O)NC1CCCC1)N(CCc1ccccc1)C(=O)CN(C)S(=O)(=O)c1ccc(Cl)cc1. The molecule has 1 aliphatic carbocycles. The molecule has 0 radical (unpaired) electrons. The third kappa shape index (κ3) is 7.29. The first kappa shape index (κ1) is 27.2. The highest BCUT2D eigenvalue weighted by atomic mass is 35.5. The summed E-state index contributed by atoms with van der Waals surface area (Å²) in [4.78, 5) is 28.2. The Labute approximate surface area is 213 Å². The fraction of sp³-hybridized carbons (Fsp3) is 0.462. The van der Waals surface area contributed by atoms with Crippen molar-refractivity contribution >= 4 is 33.4 Å². The zero-order valence-electron chi connectivity index (χ0n) is 20.3. The molecule has 1 aliphatic rings. The lowest BCUT2D eigenvalue weighted by Crippen LogP contribution is -2.54. The van der Waals surface area contributed by atoms with E-state index in [1.165, 1.54) is 36.2 Å². The molecule has 2 aromatic carbocycles. The van der Waals surface area contributed by atoms with Crippen LogP contribution in [-0.4, -0.2) is 61.7 Å². The Bertz CT molecular complexity index is 1090. The third-order valence-electron chi connectivity index (χ3n) is 6.45. The van der Waals surface area contributed by atoms with Crippen LogP contribution in [0.2, 0.25) is 5.02 Å². The molecular formula is C26H34ClN3O4S. The molecule has 0 spiro atoms. The molecule has 9 heteroatoms. The van der Waals surface area contributed by atoms with E-state index in [-0.39, 0.29) is 23.4 Å². The summed E-state index contributed by atoms with van der Waals surface area (Å²) in [7, 11) is -2.52. The first-order valence-corrected chi connectivity index (χ1v) is 13.9. The second kappa shape index (κ2) is 12.5. The number of rotatable bonds is 11. The molecule has 35 heavy (non-hydrogen) atoms. The number of benzene rings is 2. The second-order valence-electron chi connectivity index (χ2n) is 8.95. The second-order valence-corrected chi connectivity index (χ2v) is 11.4. The molecule has 0 aliphatic heterocycles. The predicted octanol–water partition coefficient (Wildman–Crippen LogP) is 3.87. The van der Waals surface area contributed by atoms with Crippen LogP contribution in [0.4, 0.5) is 0 Å². The molecule has 1 saturated carbocycles. The average Bonchev–Trinajstić information content (AvgIpc) is 3.35. The Morgan fingerprint density at radius 3 is 2.29 bits per heavy atom. The van der Waals surface area contributed by atoms with Crippen molar-refractivity contribution in [3.05, 3.63) is 65.2 Å². The van der Waals surface area contributed by atoms with E-state index in [0.717, 1.165) is 35.6 Å². The molecule has 2 amide bonds. The standard InChI is InChI=1S/C26H34ClN3O4S/c1-3-24(26(32)28-22-11-7-8-12-22)30(18-17-20-9-5-4-6-10-20)25(31)19-29(2)35(33,34)23-15-13-21(27)14-16-23/h4-6,9-10,13-16,22,24H,3,7-8,11-12,17-19H2,1-2H3,(H,28,32)/t24-/m1/s1. The minimum absolute atomic E-state index is 0.0547. The number of hydrogen-bond acceptors (Lipinski definition) is 4. The summed E-state index contributed by atoms with van der Waals surface area (Å²) < 4.78 is 27.1. The van der Waals surface area contributed by atoms with E-state index in [2.05, 4.69) is 5.32 Å². The topological polar surface area (TPSA) is 86.8 Å². The maximum absolute atomic E-state index is 13.5. The molecule has 0 bridgehead atoms. The maximum atomic E-state index is 13.5. The van der Waals surface area contributed by atoms with Gasteiger partial charge < -0.3 is 10.2 Å². The van der Waals surface area contributed by atoms with Gasteiger partial charge in [0.2, 0.25) is 21.8 Å². The molecule has 1 N–H and O–H groups in total. The Hall–Kier alpha value is -2.42. The summed E-state index contributed by atoms with van der Waals surface area (Å²) in [6.45, 7) is 1.82. The summed E-state index contributed by atoms with van der Waals surface area (Å²) in [5.41, 5.74) is 1.04. The number of halogens is 1. The largest absolute Gasteiger partial charge is 0.352 e. The van der Waals surface area contributed by atoms with Gasteiger partial charge in [-0.25, -0.2) is 8.42 Å². The number of sulfonamides is 1.